The van der Waals surface area contributed by atoms with Crippen LogP contribution < -0.4 is 10.2 Å². The average molecular weight is 438 g/mol. The first-order chi connectivity index (χ1) is 15.3. The summed E-state index contributed by atoms with van der Waals surface area (Å²) in [6.07, 6.45) is 2.56. The highest BCUT2D eigenvalue weighted by Gasteiger charge is 2.37. The smallest absolute Gasteiger partial charge is 0.319 e. The summed E-state index contributed by atoms with van der Waals surface area (Å²) in [4.78, 5) is 43.4. The van der Waals surface area contributed by atoms with Crippen LogP contribution in [0.3, 0.4) is 0 Å². The molecule has 0 bridgehead atoms. The van der Waals surface area contributed by atoms with Gasteiger partial charge in [-0.15, -0.1) is 0 Å². The average Bonchev–Trinajstić information content (AvgIpc) is 3.33. The maximum Gasteiger partial charge on any atom is 0.319 e. The number of nitrogens with one attached hydrogen (secondary N) is 1. The summed E-state index contributed by atoms with van der Waals surface area (Å²) < 4.78 is 26.5. The summed E-state index contributed by atoms with van der Waals surface area (Å²) in [5.41, 5.74) is 2.78. The fraction of sp³-hybridized carbons (Fsp3) is 0.217. The van der Waals surface area contributed by atoms with Gasteiger partial charge in [0.05, 0.1) is 16.8 Å². The molecule has 0 fully saturated rings. The van der Waals surface area contributed by atoms with Gasteiger partial charge in [0, 0.05) is 30.9 Å². The largest absolute Gasteiger partial charge is 0.352 e. The molecule has 1 aliphatic heterocycles. The van der Waals surface area contributed by atoms with Crippen LogP contribution in [0.5, 0.6) is 0 Å². The van der Waals surface area contributed by atoms with Gasteiger partial charge in [0.1, 0.15) is 5.82 Å². The second-order valence-corrected chi connectivity index (χ2v) is 7.53. The number of carbonyl (C=O) groups is 3. The fourth-order valence-corrected chi connectivity index (χ4v) is 3.67. The van der Waals surface area contributed by atoms with Crippen LogP contribution in [-0.4, -0.2) is 33.8 Å². The van der Waals surface area contributed by atoms with Crippen LogP contribution in [0, 0.1) is 13.8 Å². The Morgan fingerprint density at radius 2 is 1.81 bits per heavy atom. The minimum Gasteiger partial charge on any atom is -0.352 e. The first-order valence-corrected chi connectivity index (χ1v) is 9.96. The lowest BCUT2D eigenvalue weighted by molar-refractivity contribution is 0.0670. The number of halogens is 2. The molecule has 7 nitrogen and oxygen atoms in total. The molecule has 3 amide bonds. The Bertz CT molecular complexity index is 1240. The van der Waals surface area contributed by atoms with Crippen LogP contribution in [0.15, 0.2) is 48.8 Å². The van der Waals surface area contributed by atoms with E-state index in [0.29, 0.717) is 5.69 Å². The van der Waals surface area contributed by atoms with E-state index in [-0.39, 0.29) is 35.5 Å². The number of nitrogens with zero attached hydrogens (tertiary/aromatic N) is 3. The number of alkyl halides is 2. The Kier molecular flexibility index (Phi) is 5.56. The van der Waals surface area contributed by atoms with Crippen molar-refractivity contribution in [3.8, 4) is 0 Å². The number of aryl methyl sites for hydroxylation is 2. The molecule has 32 heavy (non-hydrogen) atoms. The molecule has 0 saturated carbocycles. The van der Waals surface area contributed by atoms with Crippen LogP contribution >= 0.6 is 0 Å². The summed E-state index contributed by atoms with van der Waals surface area (Å²) in [7, 11) is 0. The SMILES string of the molecule is Cc1ccc(C)c(N2C(=O)c3ccc(C(=O)NCCc4nccn4C(F)F)cc3C2=O)c1. The number of aromatic nitrogens is 2. The van der Waals surface area contributed by atoms with Crippen molar-refractivity contribution in [2.45, 2.75) is 26.8 Å². The maximum atomic E-state index is 13.0. The summed E-state index contributed by atoms with van der Waals surface area (Å²) in [5.74, 6) is -1.26. The second kappa shape index (κ2) is 8.33. The molecule has 0 atom stereocenters. The normalized spacial score (nSPS) is 13.1. The van der Waals surface area contributed by atoms with Crippen LogP contribution in [-0.2, 0) is 6.42 Å². The lowest BCUT2D eigenvalue weighted by atomic mass is 10.1. The predicted octanol–water partition coefficient (Wildman–Crippen LogP) is 3.67. The van der Waals surface area contributed by atoms with Gasteiger partial charge in [0.2, 0.25) is 0 Å². The van der Waals surface area contributed by atoms with Crippen LogP contribution in [0.25, 0.3) is 0 Å². The number of amides is 3. The van der Waals surface area contributed by atoms with Crippen molar-refractivity contribution in [3.63, 3.8) is 0 Å². The third-order valence-corrected chi connectivity index (χ3v) is 5.35. The molecule has 0 spiro atoms. The molecule has 2 aromatic carbocycles. The molecular formula is C23H20F2N4O3. The summed E-state index contributed by atoms with van der Waals surface area (Å²) in [6, 6.07) is 9.81. The topological polar surface area (TPSA) is 84.3 Å². The van der Waals surface area contributed by atoms with E-state index in [4.69, 9.17) is 0 Å². The number of hydrogen-bond acceptors (Lipinski definition) is 4. The van der Waals surface area contributed by atoms with E-state index in [0.717, 1.165) is 20.6 Å². The molecule has 0 aliphatic carbocycles. The quantitative estimate of drug-likeness (QED) is 0.596. The number of imidazole rings is 1. The highest BCUT2D eigenvalue weighted by molar-refractivity contribution is 6.35. The van der Waals surface area contributed by atoms with E-state index < -0.39 is 24.3 Å². The third kappa shape index (κ3) is 3.77. The first kappa shape index (κ1) is 21.4. The van der Waals surface area contributed by atoms with E-state index in [1.54, 1.807) is 6.07 Å². The minimum absolute atomic E-state index is 0.0845. The summed E-state index contributed by atoms with van der Waals surface area (Å²) >= 11 is 0. The molecule has 3 aromatic rings. The molecule has 9 heteroatoms. The van der Waals surface area contributed by atoms with E-state index in [9.17, 15) is 23.2 Å². The lowest BCUT2D eigenvalue weighted by Gasteiger charge is -2.17. The standard InChI is InChI=1S/C23H20F2N4O3/c1-13-3-4-14(2)18(11-13)29-21(31)16-6-5-15(12-17(16)22(29)32)20(30)27-8-7-19-26-9-10-28(19)23(24)25/h3-6,9-12,23H,7-8H2,1-2H3,(H,27,30). The zero-order valence-corrected chi connectivity index (χ0v) is 17.4. The summed E-state index contributed by atoms with van der Waals surface area (Å²) in [5, 5.41) is 2.63. The van der Waals surface area contributed by atoms with Crippen molar-refractivity contribution >= 4 is 23.4 Å². The van der Waals surface area contributed by atoms with E-state index >= 15 is 0 Å². The van der Waals surface area contributed by atoms with Crippen LogP contribution in [0.2, 0.25) is 0 Å². The van der Waals surface area contributed by atoms with Gasteiger partial charge in [-0.3, -0.25) is 19.0 Å². The van der Waals surface area contributed by atoms with E-state index in [1.807, 2.05) is 26.0 Å². The molecule has 0 radical (unpaired) electrons. The Hall–Kier alpha value is -3.88. The molecule has 4 rings (SSSR count). The molecule has 1 aliphatic rings. The van der Waals surface area contributed by atoms with Crippen molar-refractivity contribution in [3.05, 3.63) is 82.4 Å². The van der Waals surface area contributed by atoms with E-state index in [2.05, 4.69) is 10.3 Å². The predicted molar refractivity (Wildman–Crippen MR) is 113 cm³/mol. The van der Waals surface area contributed by atoms with Gasteiger partial charge in [-0.2, -0.15) is 8.78 Å². The van der Waals surface area contributed by atoms with Crippen molar-refractivity contribution < 1.29 is 23.2 Å². The number of benzene rings is 2. The van der Waals surface area contributed by atoms with Gasteiger partial charge in [0.15, 0.2) is 0 Å². The number of anilines is 1. The zero-order chi connectivity index (χ0) is 23.0. The summed E-state index contributed by atoms with van der Waals surface area (Å²) in [6.45, 7) is 1.07. The minimum atomic E-state index is -2.71. The van der Waals surface area contributed by atoms with Gasteiger partial charge in [0.25, 0.3) is 17.7 Å². The molecule has 0 unspecified atom stereocenters. The van der Waals surface area contributed by atoms with Crippen LogP contribution in [0.4, 0.5) is 14.5 Å². The molecule has 2 heterocycles. The lowest BCUT2D eigenvalue weighted by Crippen LogP contribution is -2.30. The third-order valence-electron chi connectivity index (χ3n) is 5.35. The second-order valence-electron chi connectivity index (χ2n) is 7.53. The molecular weight excluding hydrogens is 418 g/mol. The Morgan fingerprint density at radius 3 is 2.56 bits per heavy atom. The number of hydrogen-bond donors (Lipinski definition) is 1. The Morgan fingerprint density at radius 1 is 1.06 bits per heavy atom. The highest BCUT2D eigenvalue weighted by atomic mass is 19.3. The fourth-order valence-electron chi connectivity index (χ4n) is 3.67. The zero-order valence-electron chi connectivity index (χ0n) is 17.4. The van der Waals surface area contributed by atoms with Crippen molar-refractivity contribution in [2.75, 3.05) is 11.4 Å². The molecule has 164 valence electrons. The van der Waals surface area contributed by atoms with Crippen LogP contribution in [0.1, 0.15) is 54.6 Å². The number of imide groups is 1. The Balaban J connectivity index is 1.50. The van der Waals surface area contributed by atoms with Crippen molar-refractivity contribution in [1.29, 1.82) is 0 Å². The molecule has 1 N–H and O–H groups in total. The monoisotopic (exact) mass is 438 g/mol. The Labute approximate surface area is 182 Å². The van der Waals surface area contributed by atoms with Gasteiger partial charge in [-0.05, 0) is 49.2 Å². The highest BCUT2D eigenvalue weighted by Crippen LogP contribution is 2.31. The number of carbonyl (C=O) groups excluding carboxylic acids is 3. The van der Waals surface area contributed by atoms with Gasteiger partial charge >= 0.3 is 6.55 Å². The van der Waals surface area contributed by atoms with Crippen molar-refractivity contribution in [1.82, 2.24) is 14.9 Å². The first-order valence-electron chi connectivity index (χ1n) is 9.96. The van der Waals surface area contributed by atoms with Gasteiger partial charge in [-0.25, -0.2) is 9.88 Å². The molecule has 1 aromatic heterocycles. The van der Waals surface area contributed by atoms with Crippen molar-refractivity contribution in [2.24, 2.45) is 0 Å². The van der Waals surface area contributed by atoms with Gasteiger partial charge in [-0.1, -0.05) is 12.1 Å². The van der Waals surface area contributed by atoms with E-state index in [1.165, 1.54) is 30.6 Å². The number of fused-ring (bicyclic) bond motifs is 1. The van der Waals surface area contributed by atoms with Gasteiger partial charge < -0.3 is 5.32 Å². The number of rotatable bonds is 6. The maximum absolute atomic E-state index is 13.0. The molecule has 0 saturated heterocycles.